The molecule has 1 aromatic carbocycles. The fourth-order valence-electron chi connectivity index (χ4n) is 2.23. The number of rotatable bonds is 8. The van der Waals surface area contributed by atoms with Gasteiger partial charge in [-0.15, -0.1) is 11.8 Å². The minimum atomic E-state index is -0.111. The third-order valence-corrected chi connectivity index (χ3v) is 4.43. The van der Waals surface area contributed by atoms with Crippen molar-refractivity contribution in [1.82, 2.24) is 4.98 Å². The van der Waals surface area contributed by atoms with Crippen LogP contribution in [-0.2, 0) is 9.53 Å². The third-order valence-electron chi connectivity index (χ3n) is 3.44. The second-order valence-corrected chi connectivity index (χ2v) is 6.42. The van der Waals surface area contributed by atoms with Gasteiger partial charge in [-0.3, -0.25) is 4.79 Å². The summed E-state index contributed by atoms with van der Waals surface area (Å²) in [5.74, 6) is 2.12. The molecule has 0 spiro atoms. The number of carbonyl (C=O) groups is 1. The van der Waals surface area contributed by atoms with E-state index in [0.717, 1.165) is 16.4 Å². The largest absolute Gasteiger partial charge is 0.486 e. The lowest BCUT2D eigenvalue weighted by Crippen LogP contribution is -2.15. The number of ether oxygens (including phenoxy) is 4. The maximum atomic E-state index is 12.1. The lowest BCUT2D eigenvalue weighted by molar-refractivity contribution is -0.113. The molecule has 1 aliphatic heterocycles. The second-order valence-electron chi connectivity index (χ2n) is 5.37. The van der Waals surface area contributed by atoms with Crippen molar-refractivity contribution in [2.24, 2.45) is 0 Å². The molecule has 1 aromatic heterocycles. The Labute approximate surface area is 156 Å². The van der Waals surface area contributed by atoms with Gasteiger partial charge in [-0.25, -0.2) is 4.98 Å². The zero-order valence-electron chi connectivity index (χ0n) is 14.4. The molecule has 0 saturated carbocycles. The highest BCUT2D eigenvalue weighted by Crippen LogP contribution is 2.34. The third kappa shape index (κ3) is 5.27. The zero-order valence-corrected chi connectivity index (χ0v) is 15.2. The molecule has 3 rings (SSSR count). The number of thioether (sulfide) groups is 1. The predicted molar refractivity (Wildman–Crippen MR) is 98.4 cm³/mol. The Morgan fingerprint density at radius 1 is 1.19 bits per heavy atom. The van der Waals surface area contributed by atoms with Crippen LogP contribution >= 0.6 is 11.8 Å². The summed E-state index contributed by atoms with van der Waals surface area (Å²) in [6.07, 6.45) is 1.56. The van der Waals surface area contributed by atoms with Crippen LogP contribution in [0.15, 0.2) is 41.4 Å². The molecule has 0 atom stereocenters. The number of hydrogen-bond acceptors (Lipinski definition) is 7. The van der Waals surface area contributed by atoms with Gasteiger partial charge in [0.15, 0.2) is 11.5 Å². The van der Waals surface area contributed by atoms with Crippen LogP contribution in [0, 0.1) is 0 Å². The Morgan fingerprint density at radius 2 is 2.04 bits per heavy atom. The van der Waals surface area contributed by atoms with E-state index in [1.54, 1.807) is 25.4 Å². The quantitative estimate of drug-likeness (QED) is 0.560. The van der Waals surface area contributed by atoms with Gasteiger partial charge in [0.1, 0.15) is 19.8 Å². The molecule has 1 N–H and O–H groups in total. The number of nitrogens with one attached hydrogen (secondary N) is 1. The zero-order chi connectivity index (χ0) is 18.2. The van der Waals surface area contributed by atoms with Gasteiger partial charge in [0, 0.05) is 18.1 Å². The molecule has 0 bridgehead atoms. The summed E-state index contributed by atoms with van der Waals surface area (Å²) in [6, 6.07) is 9.13. The molecule has 1 aliphatic rings. The highest BCUT2D eigenvalue weighted by atomic mass is 32.2. The number of hydrogen-bond donors (Lipinski definition) is 1. The highest BCUT2D eigenvalue weighted by molar-refractivity contribution is 8.00. The lowest BCUT2D eigenvalue weighted by atomic mass is 10.3. The SMILES string of the molecule is COCCOc1ccc(NC(=O)CSc2ccc3c(c2)OCCO3)cn1. The molecule has 0 saturated heterocycles. The van der Waals surface area contributed by atoms with E-state index >= 15 is 0 Å². The summed E-state index contributed by atoms with van der Waals surface area (Å²) < 4.78 is 21.3. The smallest absolute Gasteiger partial charge is 0.234 e. The van der Waals surface area contributed by atoms with E-state index < -0.39 is 0 Å². The maximum Gasteiger partial charge on any atom is 0.234 e. The Morgan fingerprint density at radius 3 is 2.81 bits per heavy atom. The minimum absolute atomic E-state index is 0.111. The summed E-state index contributed by atoms with van der Waals surface area (Å²) in [7, 11) is 1.61. The van der Waals surface area contributed by atoms with E-state index in [1.165, 1.54) is 11.8 Å². The second kappa shape index (κ2) is 9.30. The van der Waals surface area contributed by atoms with Crippen LogP contribution < -0.4 is 19.5 Å². The van der Waals surface area contributed by atoms with Crippen molar-refractivity contribution >= 4 is 23.4 Å². The van der Waals surface area contributed by atoms with Gasteiger partial charge in [0.05, 0.1) is 24.2 Å². The molecule has 7 nitrogen and oxygen atoms in total. The first kappa shape index (κ1) is 18.3. The van der Waals surface area contributed by atoms with Crippen molar-refractivity contribution < 1.29 is 23.7 Å². The van der Waals surface area contributed by atoms with Crippen molar-refractivity contribution in [3.05, 3.63) is 36.5 Å². The van der Waals surface area contributed by atoms with Crippen molar-refractivity contribution in [3.8, 4) is 17.4 Å². The van der Waals surface area contributed by atoms with Crippen LogP contribution in [-0.4, -0.2) is 50.2 Å². The summed E-state index contributed by atoms with van der Waals surface area (Å²) in [5.41, 5.74) is 0.622. The van der Waals surface area contributed by atoms with Gasteiger partial charge < -0.3 is 24.3 Å². The van der Waals surface area contributed by atoms with Crippen molar-refractivity contribution in [3.63, 3.8) is 0 Å². The van der Waals surface area contributed by atoms with E-state index in [0.29, 0.717) is 38.0 Å². The van der Waals surface area contributed by atoms with Crippen LogP contribution in [0.1, 0.15) is 0 Å². The average Bonchev–Trinajstić information content (AvgIpc) is 2.68. The first-order valence-electron chi connectivity index (χ1n) is 8.14. The summed E-state index contributed by atoms with van der Waals surface area (Å²) in [5, 5.41) is 2.81. The number of fused-ring (bicyclic) bond motifs is 1. The Bertz CT molecular complexity index is 739. The molecule has 0 fully saturated rings. The van der Waals surface area contributed by atoms with E-state index in [1.807, 2.05) is 18.2 Å². The molecule has 2 heterocycles. The van der Waals surface area contributed by atoms with Gasteiger partial charge in [-0.1, -0.05) is 0 Å². The van der Waals surface area contributed by atoms with E-state index in [2.05, 4.69) is 10.3 Å². The normalized spacial score (nSPS) is 12.5. The monoisotopic (exact) mass is 376 g/mol. The Balaban J connectivity index is 1.46. The number of aromatic nitrogens is 1. The molecule has 0 unspecified atom stereocenters. The van der Waals surface area contributed by atoms with Crippen molar-refractivity contribution in [2.45, 2.75) is 4.90 Å². The first-order chi connectivity index (χ1) is 12.7. The van der Waals surface area contributed by atoms with E-state index in [9.17, 15) is 4.79 Å². The fourth-order valence-corrected chi connectivity index (χ4v) is 2.95. The number of methoxy groups -OCH3 is 1. The molecule has 0 aliphatic carbocycles. The van der Waals surface area contributed by atoms with Crippen LogP contribution in [0.4, 0.5) is 5.69 Å². The number of anilines is 1. The van der Waals surface area contributed by atoms with Crippen LogP contribution in [0.2, 0.25) is 0 Å². The van der Waals surface area contributed by atoms with E-state index in [-0.39, 0.29) is 11.7 Å². The summed E-state index contributed by atoms with van der Waals surface area (Å²) >= 11 is 1.43. The highest BCUT2D eigenvalue weighted by Gasteiger charge is 2.12. The van der Waals surface area contributed by atoms with Crippen molar-refractivity contribution in [2.75, 3.05) is 44.6 Å². The van der Waals surface area contributed by atoms with Gasteiger partial charge in [0.25, 0.3) is 0 Å². The maximum absolute atomic E-state index is 12.1. The molecule has 2 aromatic rings. The first-order valence-corrected chi connectivity index (χ1v) is 9.13. The predicted octanol–water partition coefficient (Wildman–Crippen LogP) is 2.61. The number of nitrogens with zero attached hydrogens (tertiary/aromatic N) is 1. The molecule has 0 radical (unpaired) electrons. The Kier molecular flexibility index (Phi) is 6.56. The molecule has 8 heteroatoms. The lowest BCUT2D eigenvalue weighted by Gasteiger charge is -2.18. The fraction of sp³-hybridized carbons (Fsp3) is 0.333. The Hall–Kier alpha value is -2.45. The minimum Gasteiger partial charge on any atom is -0.486 e. The van der Waals surface area contributed by atoms with Crippen LogP contribution in [0.5, 0.6) is 17.4 Å². The van der Waals surface area contributed by atoms with Crippen LogP contribution in [0.3, 0.4) is 0 Å². The summed E-state index contributed by atoms with van der Waals surface area (Å²) in [4.78, 5) is 17.2. The van der Waals surface area contributed by atoms with E-state index in [4.69, 9.17) is 18.9 Å². The summed E-state index contributed by atoms with van der Waals surface area (Å²) in [6.45, 7) is 2.03. The number of benzene rings is 1. The van der Waals surface area contributed by atoms with Crippen molar-refractivity contribution in [1.29, 1.82) is 0 Å². The number of carbonyl (C=O) groups excluding carboxylic acids is 1. The van der Waals surface area contributed by atoms with Gasteiger partial charge in [-0.05, 0) is 24.3 Å². The number of amides is 1. The molecule has 138 valence electrons. The molecular formula is C18H20N2O5S. The standard InChI is InChI=1S/C18H20N2O5S/c1-22-6-7-25-18-5-2-13(11-19-18)20-17(21)12-26-14-3-4-15-16(10-14)24-9-8-23-15/h2-5,10-11H,6-9,12H2,1H3,(H,20,21). The topological polar surface area (TPSA) is 78.9 Å². The van der Waals surface area contributed by atoms with Gasteiger partial charge >= 0.3 is 0 Å². The van der Waals surface area contributed by atoms with Gasteiger partial charge in [-0.2, -0.15) is 0 Å². The average molecular weight is 376 g/mol. The molecule has 26 heavy (non-hydrogen) atoms. The van der Waals surface area contributed by atoms with Crippen LogP contribution in [0.25, 0.3) is 0 Å². The number of pyridine rings is 1. The van der Waals surface area contributed by atoms with Gasteiger partial charge in [0.2, 0.25) is 11.8 Å². The molecule has 1 amide bonds. The molecular weight excluding hydrogens is 356 g/mol.